The molecule has 3 aromatic carbocycles. The largest absolute Gasteiger partial charge is 0.497 e. The summed E-state index contributed by atoms with van der Waals surface area (Å²) in [5, 5.41) is 0.153. The smallest absolute Gasteiger partial charge is 0.260 e. The molecular formula is C28H30ClN3O5S. The number of fused-ring (bicyclic) bond motifs is 1. The quantitative estimate of drug-likeness (QED) is 0.441. The van der Waals surface area contributed by atoms with E-state index < -0.39 is 10.0 Å². The number of methoxy groups -OCH3 is 1. The summed E-state index contributed by atoms with van der Waals surface area (Å²) in [5.41, 5.74) is 3.27. The van der Waals surface area contributed by atoms with E-state index in [0.29, 0.717) is 45.7 Å². The summed E-state index contributed by atoms with van der Waals surface area (Å²) in [6, 6.07) is 20.1. The van der Waals surface area contributed by atoms with Crippen LogP contribution in [0.1, 0.15) is 11.1 Å². The summed E-state index contributed by atoms with van der Waals surface area (Å²) < 4.78 is 38.9. The molecule has 0 unspecified atom stereocenters. The Morgan fingerprint density at radius 3 is 2.32 bits per heavy atom. The normalized spacial score (nSPS) is 16.2. The highest BCUT2D eigenvalue weighted by Gasteiger charge is 2.29. The Kier molecular flexibility index (Phi) is 7.78. The summed E-state index contributed by atoms with van der Waals surface area (Å²) >= 11 is 6.38. The Bertz CT molecular complexity index is 1410. The predicted molar refractivity (Wildman–Crippen MR) is 146 cm³/mol. The number of amides is 1. The van der Waals surface area contributed by atoms with E-state index in [2.05, 4.69) is 4.90 Å². The van der Waals surface area contributed by atoms with Crippen LogP contribution in [-0.4, -0.2) is 70.0 Å². The van der Waals surface area contributed by atoms with E-state index in [9.17, 15) is 13.2 Å². The Labute approximate surface area is 228 Å². The van der Waals surface area contributed by atoms with Crippen LogP contribution in [0, 0.1) is 0 Å². The van der Waals surface area contributed by atoms with Gasteiger partial charge in [-0.25, -0.2) is 8.42 Å². The lowest BCUT2D eigenvalue weighted by Crippen LogP contribution is -2.50. The zero-order valence-corrected chi connectivity index (χ0v) is 22.7. The van der Waals surface area contributed by atoms with Gasteiger partial charge in [0.15, 0.2) is 6.61 Å². The van der Waals surface area contributed by atoms with Gasteiger partial charge in [-0.15, -0.1) is 0 Å². The number of sulfonamides is 1. The lowest BCUT2D eigenvalue weighted by atomic mass is 10.0. The summed E-state index contributed by atoms with van der Waals surface area (Å²) in [5.74, 6) is 0.945. The topological polar surface area (TPSA) is 79.4 Å². The SMILES string of the molecule is COc1ccc(N2CCN(C(=O)COc3ccc(S(=O)(=O)N4CCc5ccccc5C4)cc3Cl)CC2)cc1. The van der Waals surface area contributed by atoms with Gasteiger partial charge in [0.25, 0.3) is 5.91 Å². The molecule has 10 heteroatoms. The molecule has 1 saturated heterocycles. The first-order valence-corrected chi connectivity index (χ1v) is 14.3. The molecular weight excluding hydrogens is 526 g/mol. The fraction of sp³-hybridized carbons (Fsp3) is 0.321. The van der Waals surface area contributed by atoms with Crippen molar-refractivity contribution in [2.45, 2.75) is 17.9 Å². The molecule has 0 N–H and O–H groups in total. The standard InChI is InChI=1S/C28H30ClN3O5S/c1-36-24-8-6-23(7-9-24)30-14-16-31(17-15-30)28(33)20-37-27-11-10-25(18-26(27)29)38(34,35)32-13-12-21-4-2-3-5-22(21)19-32/h2-11,18H,12-17,19-20H2,1H3. The lowest BCUT2D eigenvalue weighted by Gasteiger charge is -2.36. The molecule has 0 bridgehead atoms. The van der Waals surface area contributed by atoms with Gasteiger partial charge in [0.05, 0.1) is 17.0 Å². The molecule has 0 aromatic heterocycles. The highest BCUT2D eigenvalue weighted by atomic mass is 35.5. The molecule has 38 heavy (non-hydrogen) atoms. The second kappa shape index (κ2) is 11.2. The van der Waals surface area contributed by atoms with Crippen LogP contribution in [0.25, 0.3) is 0 Å². The molecule has 1 fully saturated rings. The van der Waals surface area contributed by atoms with Gasteiger partial charge in [-0.2, -0.15) is 4.31 Å². The molecule has 2 aliphatic heterocycles. The third kappa shape index (κ3) is 5.60. The van der Waals surface area contributed by atoms with Crippen molar-refractivity contribution in [3.8, 4) is 11.5 Å². The number of halogens is 1. The zero-order chi connectivity index (χ0) is 26.7. The molecule has 0 spiro atoms. The minimum atomic E-state index is -3.72. The number of hydrogen-bond acceptors (Lipinski definition) is 6. The molecule has 3 aromatic rings. The Hall–Kier alpha value is -3.27. The lowest BCUT2D eigenvalue weighted by molar-refractivity contribution is -0.133. The maximum Gasteiger partial charge on any atom is 0.260 e. The average molecular weight is 556 g/mol. The van der Waals surface area contributed by atoms with Gasteiger partial charge in [0.2, 0.25) is 10.0 Å². The van der Waals surface area contributed by atoms with Crippen molar-refractivity contribution in [2.24, 2.45) is 0 Å². The van der Waals surface area contributed by atoms with Crippen LogP contribution in [0.5, 0.6) is 11.5 Å². The van der Waals surface area contributed by atoms with Crippen molar-refractivity contribution in [1.29, 1.82) is 0 Å². The second-order valence-corrected chi connectivity index (χ2v) is 11.6. The van der Waals surface area contributed by atoms with Gasteiger partial charge in [-0.3, -0.25) is 4.79 Å². The number of hydrogen-bond donors (Lipinski definition) is 0. The van der Waals surface area contributed by atoms with Crippen molar-refractivity contribution in [3.05, 3.63) is 82.9 Å². The fourth-order valence-corrected chi connectivity index (χ4v) is 6.57. The van der Waals surface area contributed by atoms with Crippen LogP contribution in [0.2, 0.25) is 5.02 Å². The third-order valence-electron chi connectivity index (χ3n) is 7.06. The Morgan fingerprint density at radius 1 is 0.921 bits per heavy atom. The first-order valence-electron chi connectivity index (χ1n) is 12.5. The van der Waals surface area contributed by atoms with E-state index in [0.717, 1.165) is 17.0 Å². The summed E-state index contributed by atoms with van der Waals surface area (Å²) in [7, 11) is -2.08. The van der Waals surface area contributed by atoms with Gasteiger partial charge in [-0.1, -0.05) is 35.9 Å². The number of benzene rings is 3. The van der Waals surface area contributed by atoms with Crippen molar-refractivity contribution in [1.82, 2.24) is 9.21 Å². The summed E-state index contributed by atoms with van der Waals surface area (Å²) in [4.78, 5) is 16.9. The minimum Gasteiger partial charge on any atom is -0.497 e. The van der Waals surface area contributed by atoms with Crippen LogP contribution in [0.3, 0.4) is 0 Å². The molecule has 0 aliphatic carbocycles. The molecule has 2 aliphatic rings. The number of nitrogens with zero attached hydrogens (tertiary/aromatic N) is 3. The molecule has 5 rings (SSSR count). The van der Waals surface area contributed by atoms with E-state index in [-0.39, 0.29) is 28.2 Å². The van der Waals surface area contributed by atoms with Crippen molar-refractivity contribution < 1.29 is 22.7 Å². The monoisotopic (exact) mass is 555 g/mol. The molecule has 0 radical (unpaired) electrons. The van der Waals surface area contributed by atoms with Gasteiger partial charge in [0.1, 0.15) is 11.5 Å². The molecule has 2 heterocycles. The Balaban J connectivity index is 1.16. The van der Waals surface area contributed by atoms with Gasteiger partial charge in [0, 0.05) is 45.0 Å². The van der Waals surface area contributed by atoms with Gasteiger partial charge >= 0.3 is 0 Å². The number of carbonyl (C=O) groups is 1. The highest BCUT2D eigenvalue weighted by molar-refractivity contribution is 7.89. The molecule has 0 saturated carbocycles. The molecule has 8 nitrogen and oxygen atoms in total. The van der Waals surface area contributed by atoms with E-state index in [1.54, 1.807) is 12.0 Å². The zero-order valence-electron chi connectivity index (χ0n) is 21.2. The fourth-order valence-electron chi connectivity index (χ4n) is 4.82. The number of anilines is 1. The number of ether oxygens (including phenoxy) is 2. The van der Waals surface area contributed by atoms with Gasteiger partial charge in [-0.05, 0) is 60.0 Å². The molecule has 1 amide bonds. The van der Waals surface area contributed by atoms with Crippen LogP contribution in [0.4, 0.5) is 5.69 Å². The average Bonchev–Trinajstić information content (AvgIpc) is 2.96. The van der Waals surface area contributed by atoms with E-state index in [1.807, 2.05) is 48.5 Å². The van der Waals surface area contributed by atoms with Gasteiger partial charge < -0.3 is 19.3 Å². The maximum absolute atomic E-state index is 13.2. The predicted octanol–water partition coefficient (Wildman–Crippen LogP) is 3.82. The van der Waals surface area contributed by atoms with Crippen LogP contribution < -0.4 is 14.4 Å². The first-order chi connectivity index (χ1) is 18.3. The number of carbonyl (C=O) groups excluding carboxylic acids is 1. The summed E-state index contributed by atoms with van der Waals surface area (Å²) in [6.45, 7) is 3.16. The maximum atomic E-state index is 13.2. The van der Waals surface area contributed by atoms with Crippen LogP contribution in [0.15, 0.2) is 71.6 Å². The number of rotatable bonds is 7. The van der Waals surface area contributed by atoms with Crippen molar-refractivity contribution >= 4 is 33.2 Å². The molecule has 0 atom stereocenters. The van der Waals surface area contributed by atoms with E-state index >= 15 is 0 Å². The van der Waals surface area contributed by atoms with Crippen LogP contribution in [-0.2, 0) is 27.8 Å². The highest BCUT2D eigenvalue weighted by Crippen LogP contribution is 2.31. The van der Waals surface area contributed by atoms with E-state index in [1.165, 1.54) is 28.1 Å². The van der Waals surface area contributed by atoms with Crippen molar-refractivity contribution in [3.63, 3.8) is 0 Å². The number of piperazine rings is 1. The second-order valence-electron chi connectivity index (χ2n) is 9.30. The first kappa shape index (κ1) is 26.3. The van der Waals surface area contributed by atoms with Crippen molar-refractivity contribution in [2.75, 3.05) is 51.3 Å². The van der Waals surface area contributed by atoms with Crippen LogP contribution >= 0.6 is 11.6 Å². The Morgan fingerprint density at radius 2 is 1.63 bits per heavy atom. The minimum absolute atomic E-state index is 0.107. The molecule has 200 valence electrons. The van der Waals surface area contributed by atoms with E-state index in [4.69, 9.17) is 21.1 Å². The third-order valence-corrected chi connectivity index (χ3v) is 9.19. The summed E-state index contributed by atoms with van der Waals surface area (Å²) in [6.07, 6.45) is 0.667.